The molecular weight excluding hydrogens is 422 g/mol. The molecule has 0 spiro atoms. The van der Waals surface area contributed by atoms with Gasteiger partial charge in [0.15, 0.2) is 0 Å². The summed E-state index contributed by atoms with van der Waals surface area (Å²) in [4.78, 5) is 0.192. The molecule has 0 unspecified atom stereocenters. The SMILES string of the molecule is O=S(=O)(NCc1ccc(CO)cc1)c1ccc(Br)cc1Br. The van der Waals surface area contributed by atoms with E-state index < -0.39 is 10.0 Å². The lowest BCUT2D eigenvalue weighted by Gasteiger charge is -2.09. The van der Waals surface area contributed by atoms with Crippen molar-refractivity contribution < 1.29 is 13.5 Å². The Kier molecular flexibility index (Phi) is 5.56. The molecule has 0 radical (unpaired) electrons. The number of benzene rings is 2. The summed E-state index contributed by atoms with van der Waals surface area (Å²) in [7, 11) is -3.59. The molecule has 21 heavy (non-hydrogen) atoms. The molecule has 0 fully saturated rings. The first-order valence-corrected chi connectivity index (χ1v) is 9.12. The van der Waals surface area contributed by atoms with Gasteiger partial charge in [0.05, 0.1) is 11.5 Å². The van der Waals surface area contributed by atoms with Crippen LogP contribution in [0.2, 0.25) is 0 Å². The predicted molar refractivity (Wildman–Crippen MR) is 88.2 cm³/mol. The van der Waals surface area contributed by atoms with E-state index >= 15 is 0 Å². The zero-order valence-corrected chi connectivity index (χ0v) is 14.9. The molecule has 0 bridgehead atoms. The number of halogens is 2. The molecule has 7 heteroatoms. The molecule has 0 aromatic heterocycles. The van der Waals surface area contributed by atoms with E-state index in [9.17, 15) is 8.42 Å². The molecule has 2 N–H and O–H groups in total. The smallest absolute Gasteiger partial charge is 0.241 e. The monoisotopic (exact) mass is 433 g/mol. The van der Waals surface area contributed by atoms with Crippen molar-refractivity contribution in [3.8, 4) is 0 Å². The van der Waals surface area contributed by atoms with Crippen molar-refractivity contribution in [2.24, 2.45) is 0 Å². The summed E-state index contributed by atoms with van der Waals surface area (Å²) < 4.78 is 28.4. The van der Waals surface area contributed by atoms with Crippen molar-refractivity contribution in [2.75, 3.05) is 0 Å². The van der Waals surface area contributed by atoms with Crippen molar-refractivity contribution in [3.05, 3.63) is 62.5 Å². The molecular formula is C14H13Br2NO3S. The Morgan fingerprint density at radius 1 is 1.00 bits per heavy atom. The van der Waals surface area contributed by atoms with Crippen molar-refractivity contribution in [1.29, 1.82) is 0 Å². The highest BCUT2D eigenvalue weighted by molar-refractivity contribution is 9.11. The van der Waals surface area contributed by atoms with Crippen LogP contribution in [0.25, 0.3) is 0 Å². The first-order valence-electron chi connectivity index (χ1n) is 6.06. The molecule has 0 saturated heterocycles. The van der Waals surface area contributed by atoms with Gasteiger partial charge in [-0.2, -0.15) is 0 Å². The quantitative estimate of drug-likeness (QED) is 0.759. The largest absolute Gasteiger partial charge is 0.392 e. The molecule has 0 aliphatic carbocycles. The Morgan fingerprint density at radius 2 is 1.62 bits per heavy atom. The van der Waals surface area contributed by atoms with Crippen LogP contribution in [0.15, 0.2) is 56.3 Å². The highest BCUT2D eigenvalue weighted by Crippen LogP contribution is 2.25. The summed E-state index contributed by atoms with van der Waals surface area (Å²) in [5.41, 5.74) is 1.61. The van der Waals surface area contributed by atoms with E-state index in [1.807, 2.05) is 0 Å². The van der Waals surface area contributed by atoms with Crippen LogP contribution in [0, 0.1) is 0 Å². The average molecular weight is 435 g/mol. The maximum atomic E-state index is 12.3. The second-order valence-corrected chi connectivity index (χ2v) is 7.88. The van der Waals surface area contributed by atoms with Crippen LogP contribution < -0.4 is 4.72 Å². The number of aliphatic hydroxyl groups excluding tert-OH is 1. The first kappa shape index (κ1) is 16.6. The molecule has 2 aromatic rings. The fraction of sp³-hybridized carbons (Fsp3) is 0.143. The van der Waals surface area contributed by atoms with Gasteiger partial charge in [-0.3, -0.25) is 0 Å². The minimum Gasteiger partial charge on any atom is -0.392 e. The van der Waals surface area contributed by atoms with Crippen molar-refractivity contribution in [3.63, 3.8) is 0 Å². The Labute approximate surface area is 140 Å². The Morgan fingerprint density at radius 3 is 2.19 bits per heavy atom. The van der Waals surface area contributed by atoms with Gasteiger partial charge in [0.2, 0.25) is 10.0 Å². The van der Waals surface area contributed by atoms with Crippen LogP contribution in [0.3, 0.4) is 0 Å². The predicted octanol–water partition coefficient (Wildman–Crippen LogP) is 3.18. The molecule has 0 amide bonds. The van der Waals surface area contributed by atoms with E-state index in [1.54, 1.807) is 36.4 Å². The van der Waals surface area contributed by atoms with E-state index in [4.69, 9.17) is 5.11 Å². The van der Waals surface area contributed by atoms with E-state index in [-0.39, 0.29) is 18.0 Å². The van der Waals surface area contributed by atoms with Crippen LogP contribution >= 0.6 is 31.9 Å². The van der Waals surface area contributed by atoms with E-state index in [0.717, 1.165) is 15.6 Å². The minimum atomic E-state index is -3.59. The molecule has 112 valence electrons. The van der Waals surface area contributed by atoms with Crippen LogP contribution in [0.1, 0.15) is 11.1 Å². The van der Waals surface area contributed by atoms with Gasteiger partial charge in [-0.1, -0.05) is 40.2 Å². The van der Waals surface area contributed by atoms with Gasteiger partial charge in [-0.25, -0.2) is 13.1 Å². The number of nitrogens with one attached hydrogen (secondary N) is 1. The zero-order valence-electron chi connectivity index (χ0n) is 10.9. The lowest BCUT2D eigenvalue weighted by Crippen LogP contribution is -2.23. The minimum absolute atomic E-state index is 0.0299. The number of sulfonamides is 1. The van der Waals surface area contributed by atoms with Crippen LogP contribution in [0.5, 0.6) is 0 Å². The summed E-state index contributed by atoms with van der Waals surface area (Å²) in [6.45, 7) is 0.161. The third-order valence-corrected chi connectivity index (χ3v) is 5.73. The summed E-state index contributed by atoms with van der Waals surface area (Å²) >= 11 is 6.54. The van der Waals surface area contributed by atoms with E-state index in [2.05, 4.69) is 36.6 Å². The highest BCUT2D eigenvalue weighted by atomic mass is 79.9. The first-order chi connectivity index (χ1) is 9.92. The summed E-state index contributed by atoms with van der Waals surface area (Å²) in [6, 6.07) is 12.0. The molecule has 4 nitrogen and oxygen atoms in total. The van der Waals surface area contributed by atoms with Crippen LogP contribution in [0.4, 0.5) is 0 Å². The van der Waals surface area contributed by atoms with E-state index in [0.29, 0.717) is 4.47 Å². The number of hydrogen-bond donors (Lipinski definition) is 2. The maximum Gasteiger partial charge on any atom is 0.241 e. The average Bonchev–Trinajstić information content (AvgIpc) is 2.45. The number of hydrogen-bond acceptors (Lipinski definition) is 3. The standard InChI is InChI=1S/C14H13Br2NO3S/c15-12-5-6-14(13(16)7-12)21(19,20)17-8-10-1-3-11(9-18)4-2-10/h1-7,17-18H,8-9H2. The fourth-order valence-electron chi connectivity index (χ4n) is 1.71. The van der Waals surface area contributed by atoms with Crippen molar-refractivity contribution >= 4 is 41.9 Å². The van der Waals surface area contributed by atoms with Gasteiger partial charge < -0.3 is 5.11 Å². The topological polar surface area (TPSA) is 66.4 Å². The van der Waals surface area contributed by atoms with Gasteiger partial charge >= 0.3 is 0 Å². The Balaban J connectivity index is 2.13. The molecule has 0 atom stereocenters. The molecule has 0 aliphatic heterocycles. The molecule has 0 aliphatic rings. The van der Waals surface area contributed by atoms with Gasteiger partial charge in [0, 0.05) is 15.5 Å². The Bertz CT molecular complexity index is 730. The zero-order chi connectivity index (χ0) is 15.5. The third kappa shape index (κ3) is 4.37. The maximum absolute atomic E-state index is 12.3. The summed E-state index contributed by atoms with van der Waals surface area (Å²) in [5, 5.41) is 8.97. The summed E-state index contributed by atoms with van der Waals surface area (Å²) in [5.74, 6) is 0. The van der Waals surface area contributed by atoms with Gasteiger partial charge in [0.25, 0.3) is 0 Å². The third-order valence-electron chi connectivity index (χ3n) is 2.86. The van der Waals surface area contributed by atoms with Gasteiger partial charge in [-0.05, 0) is 45.3 Å². The van der Waals surface area contributed by atoms with Crippen LogP contribution in [-0.4, -0.2) is 13.5 Å². The normalized spacial score (nSPS) is 11.6. The molecule has 0 saturated carbocycles. The second kappa shape index (κ2) is 7.02. The van der Waals surface area contributed by atoms with Crippen molar-refractivity contribution in [2.45, 2.75) is 18.0 Å². The Hall–Kier alpha value is -0.730. The molecule has 2 rings (SSSR count). The van der Waals surface area contributed by atoms with Gasteiger partial charge in [-0.15, -0.1) is 0 Å². The van der Waals surface area contributed by atoms with Crippen molar-refractivity contribution in [1.82, 2.24) is 4.72 Å². The molecule has 0 heterocycles. The summed E-state index contributed by atoms with van der Waals surface area (Å²) in [6.07, 6.45) is 0. The fourth-order valence-corrected chi connectivity index (χ4v) is 4.47. The lowest BCUT2D eigenvalue weighted by molar-refractivity contribution is 0.282. The number of aliphatic hydroxyl groups is 1. The highest BCUT2D eigenvalue weighted by Gasteiger charge is 2.17. The van der Waals surface area contributed by atoms with E-state index in [1.165, 1.54) is 6.07 Å². The lowest BCUT2D eigenvalue weighted by atomic mass is 10.1. The van der Waals surface area contributed by atoms with Crippen LogP contribution in [-0.2, 0) is 23.2 Å². The second-order valence-electron chi connectivity index (χ2n) is 4.37. The molecule has 2 aromatic carbocycles. The van der Waals surface area contributed by atoms with Gasteiger partial charge in [0.1, 0.15) is 0 Å². The number of rotatable bonds is 5.